The third-order valence-corrected chi connectivity index (χ3v) is 6.69. The van der Waals surface area contributed by atoms with Crippen molar-refractivity contribution in [1.82, 2.24) is 14.3 Å². The number of para-hydroxylation sites is 1. The van der Waals surface area contributed by atoms with Crippen LogP contribution in [0.5, 0.6) is 5.75 Å². The summed E-state index contributed by atoms with van der Waals surface area (Å²) in [6.07, 6.45) is 0. The van der Waals surface area contributed by atoms with Crippen molar-refractivity contribution < 1.29 is 9.29 Å². The second-order valence-electron chi connectivity index (χ2n) is 8.47. The Morgan fingerprint density at radius 2 is 1.90 bits per heavy atom. The molecule has 160 valence electrons. The first-order valence-electron chi connectivity index (χ1n) is 9.87. The Hall–Kier alpha value is -2.35. The molecule has 3 rings (SSSR count). The van der Waals surface area contributed by atoms with Gasteiger partial charge in [0.2, 0.25) is 0 Å². The van der Waals surface area contributed by atoms with Crippen molar-refractivity contribution in [2.24, 2.45) is 7.05 Å². The highest BCUT2D eigenvalue weighted by Crippen LogP contribution is 2.31. The number of ether oxygens (including phenoxy) is 1. The minimum Gasteiger partial charge on any atom is -0.598 e. The highest BCUT2D eigenvalue weighted by atomic mass is 32.2. The van der Waals surface area contributed by atoms with E-state index in [9.17, 15) is 9.35 Å². The molecule has 1 aromatic heterocycles. The van der Waals surface area contributed by atoms with Gasteiger partial charge in [0.05, 0.1) is 29.6 Å². The van der Waals surface area contributed by atoms with Crippen molar-refractivity contribution in [2.75, 3.05) is 7.11 Å². The molecule has 0 saturated heterocycles. The van der Waals surface area contributed by atoms with Gasteiger partial charge in [-0.25, -0.2) is 4.98 Å². The number of hydrogen-bond acceptors (Lipinski definition) is 5. The minimum atomic E-state index is -1.25. The maximum absolute atomic E-state index is 13.2. The number of methoxy groups -OCH3 is 1. The predicted molar refractivity (Wildman–Crippen MR) is 123 cm³/mol. The largest absolute Gasteiger partial charge is 0.598 e. The number of rotatable bonds is 5. The predicted octanol–water partition coefficient (Wildman–Crippen LogP) is 4.03. The van der Waals surface area contributed by atoms with Crippen molar-refractivity contribution in [2.45, 2.75) is 45.4 Å². The average Bonchev–Trinajstić information content (AvgIpc) is 2.69. The molecule has 7 heteroatoms. The molecule has 2 aromatic carbocycles. The van der Waals surface area contributed by atoms with Crippen molar-refractivity contribution in [3.63, 3.8) is 0 Å². The van der Waals surface area contributed by atoms with Crippen LogP contribution in [0.4, 0.5) is 0 Å². The van der Waals surface area contributed by atoms with E-state index >= 15 is 0 Å². The lowest BCUT2D eigenvalue weighted by atomic mass is 10.0. The lowest BCUT2D eigenvalue weighted by molar-refractivity contribution is 0.416. The Balaban J connectivity index is 2.25. The van der Waals surface area contributed by atoms with Gasteiger partial charge in [0, 0.05) is 24.0 Å². The van der Waals surface area contributed by atoms with Crippen LogP contribution >= 0.6 is 0 Å². The van der Waals surface area contributed by atoms with Crippen molar-refractivity contribution in [1.29, 1.82) is 0 Å². The van der Waals surface area contributed by atoms with E-state index in [4.69, 9.17) is 9.72 Å². The van der Waals surface area contributed by atoms with Crippen molar-refractivity contribution in [3.8, 4) is 17.1 Å². The molecule has 0 amide bonds. The van der Waals surface area contributed by atoms with Crippen LogP contribution in [0, 0.1) is 6.92 Å². The Kier molecular flexibility index (Phi) is 6.26. The SMILES string of the molecule is COc1ccccc1-c1nc2c(C(C)N[S+]([O-])C(C)(C)C)cc(C)cc2c(=O)n1C. The fraction of sp³-hybridized carbons (Fsp3) is 0.391. The minimum absolute atomic E-state index is 0.130. The topological polar surface area (TPSA) is 79.2 Å². The van der Waals surface area contributed by atoms with Crippen molar-refractivity contribution in [3.05, 3.63) is 57.9 Å². The molecule has 1 heterocycles. The highest BCUT2D eigenvalue weighted by Gasteiger charge is 2.29. The molecule has 0 radical (unpaired) electrons. The summed E-state index contributed by atoms with van der Waals surface area (Å²) in [5.41, 5.74) is 3.02. The van der Waals surface area contributed by atoms with Crippen molar-refractivity contribution >= 4 is 22.3 Å². The fourth-order valence-electron chi connectivity index (χ4n) is 3.35. The van der Waals surface area contributed by atoms with E-state index in [1.165, 1.54) is 0 Å². The Bertz CT molecular complexity index is 1130. The lowest BCUT2D eigenvalue weighted by Gasteiger charge is -2.27. The zero-order valence-corrected chi connectivity index (χ0v) is 19.4. The van der Waals surface area contributed by atoms with Gasteiger partial charge in [0.15, 0.2) is 0 Å². The molecule has 0 aliphatic rings. The molecule has 6 nitrogen and oxygen atoms in total. The van der Waals surface area contributed by atoms with Crippen LogP contribution in [0.3, 0.4) is 0 Å². The van der Waals surface area contributed by atoms with E-state index < -0.39 is 16.1 Å². The smallest absolute Gasteiger partial charge is 0.261 e. The van der Waals surface area contributed by atoms with Gasteiger partial charge >= 0.3 is 0 Å². The normalized spacial score (nSPS) is 14.0. The zero-order chi connectivity index (χ0) is 22.2. The monoisotopic (exact) mass is 427 g/mol. The van der Waals surface area contributed by atoms with E-state index in [2.05, 4.69) is 4.72 Å². The summed E-state index contributed by atoms with van der Waals surface area (Å²) in [5, 5.41) is 0.543. The van der Waals surface area contributed by atoms with E-state index in [-0.39, 0.29) is 11.6 Å². The van der Waals surface area contributed by atoms with E-state index in [1.54, 1.807) is 18.7 Å². The maximum atomic E-state index is 13.2. The lowest BCUT2D eigenvalue weighted by Crippen LogP contribution is -2.40. The second kappa shape index (κ2) is 8.41. The number of nitrogens with one attached hydrogen (secondary N) is 1. The standard InChI is InChI=1S/C23H29N3O3S/c1-14-12-17(15(2)25-30(28)23(3,4)5)20-18(13-14)22(27)26(6)21(24-20)16-10-8-9-11-19(16)29-7/h8-13,15,25H,1-7H3. The van der Waals surface area contributed by atoms with Crippen LogP contribution in [0.2, 0.25) is 0 Å². The van der Waals surface area contributed by atoms with E-state index in [0.717, 1.165) is 16.7 Å². The molecule has 0 aliphatic heterocycles. The highest BCUT2D eigenvalue weighted by molar-refractivity contribution is 7.90. The quantitative estimate of drug-likeness (QED) is 0.622. The second-order valence-corrected chi connectivity index (χ2v) is 10.5. The van der Waals surface area contributed by atoms with Crippen LogP contribution in [-0.4, -0.2) is 26.0 Å². The Morgan fingerprint density at radius 3 is 2.53 bits per heavy atom. The summed E-state index contributed by atoms with van der Waals surface area (Å²) < 4.78 is 22.5. The summed E-state index contributed by atoms with van der Waals surface area (Å²) in [5.74, 6) is 1.17. The first-order valence-corrected chi connectivity index (χ1v) is 11.0. The van der Waals surface area contributed by atoms with Crippen LogP contribution in [0.1, 0.15) is 44.9 Å². The molecular formula is C23H29N3O3S. The third kappa shape index (κ3) is 4.24. The van der Waals surface area contributed by atoms with Gasteiger partial charge in [0.25, 0.3) is 5.56 Å². The van der Waals surface area contributed by atoms with Gasteiger partial charge in [-0.2, -0.15) is 0 Å². The number of fused-ring (bicyclic) bond motifs is 1. The van der Waals surface area contributed by atoms with Gasteiger partial charge in [-0.3, -0.25) is 9.36 Å². The average molecular weight is 428 g/mol. The van der Waals surface area contributed by atoms with Gasteiger partial charge in [-0.15, -0.1) is 4.72 Å². The van der Waals surface area contributed by atoms with Gasteiger partial charge in [0.1, 0.15) is 16.3 Å². The number of hydrogen-bond donors (Lipinski definition) is 1. The maximum Gasteiger partial charge on any atom is 0.261 e. The van der Waals surface area contributed by atoms with Crippen LogP contribution < -0.4 is 15.0 Å². The Labute approximate surface area is 180 Å². The molecule has 0 bridgehead atoms. The number of nitrogens with zero attached hydrogens (tertiary/aromatic N) is 2. The molecule has 2 unspecified atom stereocenters. The summed E-state index contributed by atoms with van der Waals surface area (Å²) in [6.45, 7) is 9.66. The third-order valence-electron chi connectivity index (χ3n) is 5.01. The fourth-order valence-corrected chi connectivity index (χ4v) is 4.16. The first kappa shape index (κ1) is 22.3. The molecule has 0 saturated carbocycles. The van der Waals surface area contributed by atoms with Gasteiger partial charge in [-0.1, -0.05) is 18.2 Å². The molecule has 30 heavy (non-hydrogen) atoms. The van der Waals surface area contributed by atoms with Crippen LogP contribution in [0.15, 0.2) is 41.2 Å². The molecule has 1 N–H and O–H groups in total. The van der Waals surface area contributed by atoms with E-state index in [0.29, 0.717) is 22.5 Å². The summed E-state index contributed by atoms with van der Waals surface area (Å²) >= 11 is -1.25. The molecule has 0 fully saturated rings. The first-order chi connectivity index (χ1) is 14.0. The number of benzene rings is 2. The molecule has 0 aliphatic carbocycles. The molecule has 2 atom stereocenters. The summed E-state index contributed by atoms with van der Waals surface area (Å²) in [4.78, 5) is 18.1. The molecular weight excluding hydrogens is 398 g/mol. The summed E-state index contributed by atoms with van der Waals surface area (Å²) in [7, 11) is 3.31. The molecule has 0 spiro atoms. The summed E-state index contributed by atoms with van der Waals surface area (Å²) in [6, 6.07) is 11.1. The molecule has 3 aromatic rings. The van der Waals surface area contributed by atoms with Crippen LogP contribution in [-0.2, 0) is 18.4 Å². The number of aryl methyl sites for hydroxylation is 1. The van der Waals surface area contributed by atoms with Crippen LogP contribution in [0.25, 0.3) is 22.3 Å². The van der Waals surface area contributed by atoms with Gasteiger partial charge in [-0.05, 0) is 58.4 Å². The zero-order valence-electron chi connectivity index (χ0n) is 18.6. The van der Waals surface area contributed by atoms with E-state index in [1.807, 2.05) is 71.0 Å². The van der Waals surface area contributed by atoms with Gasteiger partial charge < -0.3 is 9.29 Å². The Morgan fingerprint density at radius 1 is 1.23 bits per heavy atom. The number of aromatic nitrogens is 2.